The van der Waals surface area contributed by atoms with Crippen molar-refractivity contribution in [3.8, 4) is 11.1 Å². The van der Waals surface area contributed by atoms with Crippen LogP contribution in [0.3, 0.4) is 0 Å². The molecule has 3 rings (SSSR count). The van der Waals surface area contributed by atoms with Crippen molar-refractivity contribution in [2.24, 2.45) is 0 Å². The number of hydrogen-bond donors (Lipinski definition) is 3. The van der Waals surface area contributed by atoms with Crippen molar-refractivity contribution in [1.82, 2.24) is 15.3 Å². The van der Waals surface area contributed by atoms with Crippen LogP contribution in [0.1, 0.15) is 24.1 Å². The number of nitrogens with one attached hydrogen (secondary N) is 3. The van der Waals surface area contributed by atoms with Crippen LogP contribution in [0.15, 0.2) is 30.5 Å². The van der Waals surface area contributed by atoms with Gasteiger partial charge >= 0.3 is 12.2 Å². The molecule has 0 aliphatic heterocycles. The lowest BCUT2D eigenvalue weighted by molar-refractivity contribution is -0.135. The maximum Gasteiger partial charge on any atom is 0.389 e. The topological polar surface area (TPSA) is 78.9 Å². The Morgan fingerprint density at radius 2 is 1.84 bits per heavy atom. The number of halogens is 4. The number of nitrogens with zero attached hydrogens (tertiary/aromatic N) is 2. The number of fused-ring (bicyclic) bond motifs is 1. The summed E-state index contributed by atoms with van der Waals surface area (Å²) in [6, 6.07) is 5.72. The fourth-order valence-corrected chi connectivity index (χ4v) is 3.29. The fraction of sp³-hybridized carbons (Fsp3) is 0.318. The number of urea groups is 1. The lowest BCUT2D eigenvalue weighted by atomic mass is 9.97. The van der Waals surface area contributed by atoms with E-state index >= 15 is 0 Å². The molecule has 0 bridgehead atoms. The van der Waals surface area contributed by atoms with Gasteiger partial charge in [0.2, 0.25) is 0 Å². The van der Waals surface area contributed by atoms with Crippen LogP contribution in [0.5, 0.6) is 0 Å². The van der Waals surface area contributed by atoms with E-state index in [1.807, 2.05) is 19.1 Å². The first-order chi connectivity index (χ1) is 15.1. The molecule has 0 spiro atoms. The SMILES string of the molecule is CNc1cc2nc(C)c(-c3cc(NC(=O)NCCCC(F)(F)F)c(F)cc3C)cc2cn1. The molecule has 1 aromatic carbocycles. The summed E-state index contributed by atoms with van der Waals surface area (Å²) < 4.78 is 51.1. The number of carbonyl (C=O) groups is 1. The lowest BCUT2D eigenvalue weighted by Gasteiger charge is -2.15. The zero-order valence-electron chi connectivity index (χ0n) is 17.8. The smallest absolute Gasteiger partial charge is 0.373 e. The molecule has 2 aromatic heterocycles. The van der Waals surface area contributed by atoms with Gasteiger partial charge in [-0.25, -0.2) is 14.2 Å². The number of benzene rings is 1. The second-order valence-corrected chi connectivity index (χ2v) is 7.38. The van der Waals surface area contributed by atoms with Crippen LogP contribution in [-0.2, 0) is 0 Å². The van der Waals surface area contributed by atoms with Crippen molar-refractivity contribution >= 4 is 28.4 Å². The van der Waals surface area contributed by atoms with E-state index in [0.29, 0.717) is 22.6 Å². The zero-order chi connectivity index (χ0) is 23.5. The number of alkyl halides is 3. The molecule has 0 saturated heterocycles. The second kappa shape index (κ2) is 9.37. The summed E-state index contributed by atoms with van der Waals surface area (Å²) in [5.41, 5.74) is 3.45. The average molecular weight is 449 g/mol. The molecule has 0 aliphatic carbocycles. The number of aromatic nitrogens is 2. The van der Waals surface area contributed by atoms with Crippen molar-refractivity contribution in [2.45, 2.75) is 32.9 Å². The Morgan fingerprint density at radius 1 is 1.09 bits per heavy atom. The summed E-state index contributed by atoms with van der Waals surface area (Å²) in [6.07, 6.45) is -3.87. The fourth-order valence-electron chi connectivity index (χ4n) is 3.29. The molecule has 32 heavy (non-hydrogen) atoms. The Labute approximate surface area is 182 Å². The Kier molecular flexibility index (Phi) is 6.81. The third kappa shape index (κ3) is 5.63. The highest BCUT2D eigenvalue weighted by atomic mass is 19.4. The quantitative estimate of drug-likeness (QED) is 0.340. The highest BCUT2D eigenvalue weighted by Gasteiger charge is 2.26. The standard InChI is InChI=1S/C22H23F4N5O/c1-12-7-17(23)19(31-21(32)28-6-4-5-22(24,25)26)9-15(12)16-8-14-11-29-20(27-3)10-18(14)30-13(16)2/h7-11H,4-6H2,1-3H3,(H,27,29)(H2,28,31,32). The van der Waals surface area contributed by atoms with Crippen LogP contribution in [0.25, 0.3) is 22.0 Å². The van der Waals surface area contributed by atoms with Crippen LogP contribution in [0.4, 0.5) is 33.9 Å². The van der Waals surface area contributed by atoms with E-state index in [0.717, 1.165) is 16.5 Å². The summed E-state index contributed by atoms with van der Waals surface area (Å²) in [4.78, 5) is 20.9. The number of aryl methyl sites for hydroxylation is 2. The highest BCUT2D eigenvalue weighted by molar-refractivity contribution is 5.92. The highest BCUT2D eigenvalue weighted by Crippen LogP contribution is 2.32. The molecule has 0 unspecified atom stereocenters. The Hall–Kier alpha value is -3.43. The average Bonchev–Trinajstić information content (AvgIpc) is 2.72. The molecular formula is C22H23F4N5O. The van der Waals surface area contributed by atoms with Crippen LogP contribution in [0.2, 0.25) is 0 Å². The minimum Gasteiger partial charge on any atom is -0.373 e. The van der Waals surface area contributed by atoms with E-state index in [1.165, 1.54) is 12.1 Å². The van der Waals surface area contributed by atoms with Crippen LogP contribution < -0.4 is 16.0 Å². The first-order valence-electron chi connectivity index (χ1n) is 9.94. The van der Waals surface area contributed by atoms with Gasteiger partial charge in [-0.3, -0.25) is 4.98 Å². The van der Waals surface area contributed by atoms with Gasteiger partial charge in [-0.05, 0) is 49.6 Å². The second-order valence-electron chi connectivity index (χ2n) is 7.38. The molecule has 6 nitrogen and oxygen atoms in total. The van der Waals surface area contributed by atoms with Gasteiger partial charge in [-0.1, -0.05) is 0 Å². The molecule has 2 heterocycles. The van der Waals surface area contributed by atoms with Crippen LogP contribution >= 0.6 is 0 Å². The van der Waals surface area contributed by atoms with Gasteiger partial charge in [0, 0.05) is 48.9 Å². The number of amides is 2. The monoisotopic (exact) mass is 449 g/mol. The van der Waals surface area contributed by atoms with Gasteiger partial charge in [0.25, 0.3) is 0 Å². The number of pyridine rings is 2. The minimum atomic E-state index is -4.29. The lowest BCUT2D eigenvalue weighted by Crippen LogP contribution is -2.30. The van der Waals surface area contributed by atoms with Crippen molar-refractivity contribution in [2.75, 3.05) is 24.2 Å². The zero-order valence-corrected chi connectivity index (χ0v) is 17.8. The maximum atomic E-state index is 14.5. The van der Waals surface area contributed by atoms with E-state index < -0.39 is 24.4 Å². The van der Waals surface area contributed by atoms with E-state index in [4.69, 9.17) is 0 Å². The molecule has 10 heteroatoms. The molecule has 0 saturated carbocycles. The van der Waals surface area contributed by atoms with Crippen molar-refractivity contribution < 1.29 is 22.4 Å². The summed E-state index contributed by atoms with van der Waals surface area (Å²) in [5.74, 6) is 0.0336. The summed E-state index contributed by atoms with van der Waals surface area (Å²) in [6.45, 7) is 3.39. The Bertz CT molecular complexity index is 1150. The van der Waals surface area contributed by atoms with E-state index in [-0.39, 0.29) is 18.7 Å². The van der Waals surface area contributed by atoms with Crippen molar-refractivity contribution in [3.05, 3.63) is 47.5 Å². The summed E-state index contributed by atoms with van der Waals surface area (Å²) in [7, 11) is 1.76. The van der Waals surface area contributed by atoms with Gasteiger partial charge in [-0.2, -0.15) is 13.2 Å². The summed E-state index contributed by atoms with van der Waals surface area (Å²) >= 11 is 0. The number of hydrogen-bond acceptors (Lipinski definition) is 4. The molecule has 0 fully saturated rings. The molecule has 0 radical (unpaired) electrons. The van der Waals surface area contributed by atoms with Crippen molar-refractivity contribution in [3.63, 3.8) is 0 Å². The first-order valence-corrected chi connectivity index (χ1v) is 9.94. The largest absolute Gasteiger partial charge is 0.389 e. The third-order valence-corrected chi connectivity index (χ3v) is 4.92. The summed E-state index contributed by atoms with van der Waals surface area (Å²) in [5, 5.41) is 8.43. The van der Waals surface area contributed by atoms with Gasteiger partial charge in [0.1, 0.15) is 11.6 Å². The third-order valence-electron chi connectivity index (χ3n) is 4.92. The Balaban J connectivity index is 1.84. The predicted octanol–water partition coefficient (Wildman–Crippen LogP) is 5.56. The first kappa shape index (κ1) is 23.2. The molecule has 170 valence electrons. The molecule has 0 atom stereocenters. The molecule has 3 N–H and O–H groups in total. The van der Waals surface area contributed by atoms with Gasteiger partial charge in [-0.15, -0.1) is 0 Å². The predicted molar refractivity (Wildman–Crippen MR) is 116 cm³/mol. The maximum absolute atomic E-state index is 14.5. The molecule has 2 amide bonds. The van der Waals surface area contributed by atoms with Crippen molar-refractivity contribution in [1.29, 1.82) is 0 Å². The number of carbonyl (C=O) groups excluding carboxylic acids is 1. The van der Waals surface area contributed by atoms with E-state index in [9.17, 15) is 22.4 Å². The van der Waals surface area contributed by atoms with E-state index in [2.05, 4.69) is 25.9 Å². The normalized spacial score (nSPS) is 11.5. The molecular weight excluding hydrogens is 426 g/mol. The van der Waals surface area contributed by atoms with Gasteiger partial charge < -0.3 is 16.0 Å². The van der Waals surface area contributed by atoms with E-state index in [1.54, 1.807) is 20.2 Å². The number of rotatable bonds is 6. The van der Waals surface area contributed by atoms with Crippen LogP contribution in [0, 0.1) is 19.7 Å². The Morgan fingerprint density at radius 3 is 2.53 bits per heavy atom. The molecule has 0 aliphatic rings. The van der Waals surface area contributed by atoms with Gasteiger partial charge in [0.05, 0.1) is 11.2 Å². The minimum absolute atomic E-state index is 0.0814. The number of anilines is 2. The van der Waals surface area contributed by atoms with Gasteiger partial charge in [0.15, 0.2) is 0 Å². The van der Waals surface area contributed by atoms with Crippen LogP contribution in [-0.4, -0.2) is 35.8 Å². The molecule has 3 aromatic rings.